The number of para-hydroxylation sites is 2. The fourth-order valence-corrected chi connectivity index (χ4v) is 2.66. The molecule has 0 bridgehead atoms. The summed E-state index contributed by atoms with van der Waals surface area (Å²) in [6.45, 7) is 3.41. The van der Waals surface area contributed by atoms with Crippen LogP contribution in [-0.4, -0.2) is 43.3 Å². The maximum absolute atomic E-state index is 7.82. The molecule has 3 rings (SSSR count). The molecule has 19 heavy (non-hydrogen) atoms. The quantitative estimate of drug-likeness (QED) is 0.723. The molecule has 0 spiro atoms. The minimum Gasteiger partial charge on any atom is -0.674 e. The molecule has 0 radical (unpaired) electrons. The maximum atomic E-state index is 7.82. The number of benzene rings is 1. The van der Waals surface area contributed by atoms with Gasteiger partial charge in [0.15, 0.2) is 11.5 Å². The summed E-state index contributed by atoms with van der Waals surface area (Å²) < 4.78 is 11.6. The summed E-state index contributed by atoms with van der Waals surface area (Å²) in [4.78, 5) is 2.32. The van der Waals surface area contributed by atoms with Crippen LogP contribution in [0.2, 0.25) is 0 Å². The van der Waals surface area contributed by atoms with Crippen molar-refractivity contribution >= 4 is 0 Å². The Morgan fingerprint density at radius 2 is 2.05 bits per heavy atom. The number of rotatable bonds is 2. The van der Waals surface area contributed by atoms with E-state index in [0.717, 1.165) is 44.0 Å². The van der Waals surface area contributed by atoms with Crippen molar-refractivity contribution in [1.29, 1.82) is 0 Å². The predicted molar refractivity (Wildman–Crippen MR) is 70.1 cm³/mol. The summed E-state index contributed by atoms with van der Waals surface area (Å²) in [6, 6.07) is 7.87. The van der Waals surface area contributed by atoms with Crippen LogP contribution < -0.4 is 67.7 Å². The smallest absolute Gasteiger partial charge is 0.674 e. The Balaban J connectivity index is 0.00000133. The van der Waals surface area contributed by atoms with Crippen molar-refractivity contribution in [2.45, 2.75) is 25.0 Å². The zero-order valence-corrected chi connectivity index (χ0v) is 16.4. The summed E-state index contributed by atoms with van der Waals surface area (Å²) in [5.41, 5.74) is 7.82. The van der Waals surface area contributed by atoms with Gasteiger partial charge in [-0.2, -0.15) is 0 Å². The fraction of sp³-hybridized carbons (Fsp3) is 0.571. The molecule has 5 heteroatoms. The molecule has 2 heterocycles. The third-order valence-corrected chi connectivity index (χ3v) is 3.53. The van der Waals surface area contributed by atoms with Crippen LogP contribution in [0.15, 0.2) is 24.3 Å². The molecule has 0 saturated carbocycles. The molecule has 1 fully saturated rings. The SMILES string of the molecule is [NH-][C@H]1CCCN(C[C@H]2COc3ccccc3O2)C1.[Rb+]. The van der Waals surface area contributed by atoms with E-state index in [1.54, 1.807) is 0 Å². The third-order valence-electron chi connectivity index (χ3n) is 3.53. The molecule has 1 N–H and O–H groups in total. The van der Waals surface area contributed by atoms with Crippen molar-refractivity contribution in [3.8, 4) is 11.5 Å². The molecule has 2 aliphatic heterocycles. The Morgan fingerprint density at radius 3 is 2.84 bits per heavy atom. The van der Waals surface area contributed by atoms with Gasteiger partial charge in [-0.1, -0.05) is 18.6 Å². The molecule has 0 aromatic heterocycles. The number of nitrogens with zero attached hydrogens (tertiary/aromatic N) is 1. The first-order chi connectivity index (χ1) is 8.81. The first-order valence-electron chi connectivity index (χ1n) is 6.63. The van der Waals surface area contributed by atoms with Gasteiger partial charge in [-0.3, -0.25) is 0 Å². The summed E-state index contributed by atoms with van der Waals surface area (Å²) in [7, 11) is 0. The Morgan fingerprint density at radius 1 is 1.26 bits per heavy atom. The van der Waals surface area contributed by atoms with Crippen LogP contribution in [0.5, 0.6) is 11.5 Å². The van der Waals surface area contributed by atoms with Gasteiger partial charge in [-0.15, -0.1) is 6.04 Å². The molecule has 1 aromatic carbocycles. The van der Waals surface area contributed by atoms with E-state index >= 15 is 0 Å². The van der Waals surface area contributed by atoms with E-state index in [2.05, 4.69) is 4.90 Å². The first kappa shape index (κ1) is 15.9. The molecule has 98 valence electrons. The van der Waals surface area contributed by atoms with Crippen LogP contribution >= 0.6 is 0 Å². The summed E-state index contributed by atoms with van der Waals surface area (Å²) >= 11 is 0. The zero-order valence-electron chi connectivity index (χ0n) is 11.5. The fourth-order valence-electron chi connectivity index (χ4n) is 2.66. The number of likely N-dealkylation sites (tertiary alicyclic amines) is 1. The van der Waals surface area contributed by atoms with E-state index in [1.165, 1.54) is 0 Å². The standard InChI is InChI=1S/C14H19N2O2.Rb/c15-11-4-3-7-16(8-11)9-12-10-17-13-5-1-2-6-14(13)18-12;/h1-2,5-6,11-12,15H,3-4,7-10H2;/q-1;+1/t11-,12-;/m0./s1. The number of hydrogen-bond acceptors (Lipinski definition) is 3. The van der Waals surface area contributed by atoms with Crippen LogP contribution in [0.3, 0.4) is 0 Å². The Bertz CT molecular complexity index is 416. The van der Waals surface area contributed by atoms with Gasteiger partial charge in [0.05, 0.1) is 0 Å². The van der Waals surface area contributed by atoms with Crippen molar-refractivity contribution in [3.05, 3.63) is 30.0 Å². The average Bonchev–Trinajstić information content (AvgIpc) is 2.39. The Kier molecular flexibility index (Phi) is 6.31. The Hall–Kier alpha value is 0.545. The van der Waals surface area contributed by atoms with Gasteiger partial charge < -0.3 is 20.1 Å². The Labute approximate surface area is 163 Å². The van der Waals surface area contributed by atoms with Gasteiger partial charge >= 0.3 is 58.2 Å². The number of nitrogens with one attached hydrogen (secondary N) is 1. The van der Waals surface area contributed by atoms with E-state index in [9.17, 15) is 0 Å². The van der Waals surface area contributed by atoms with Crippen LogP contribution in [0.25, 0.3) is 5.73 Å². The van der Waals surface area contributed by atoms with Crippen molar-refractivity contribution in [1.82, 2.24) is 4.90 Å². The molecule has 2 atom stereocenters. The second-order valence-corrected chi connectivity index (χ2v) is 5.10. The zero-order chi connectivity index (χ0) is 12.4. The maximum Gasteiger partial charge on any atom is 1.00 e. The van der Waals surface area contributed by atoms with E-state index in [-0.39, 0.29) is 70.3 Å². The molecule has 0 aliphatic carbocycles. The molecule has 0 unspecified atom stereocenters. The molecule has 1 aromatic rings. The minimum absolute atomic E-state index is 0. The topological polar surface area (TPSA) is 45.5 Å². The minimum atomic E-state index is 0. The summed E-state index contributed by atoms with van der Waals surface area (Å²) in [5.74, 6) is 1.68. The molecule has 2 aliphatic rings. The van der Waals surface area contributed by atoms with Crippen LogP contribution in [0.1, 0.15) is 12.8 Å². The van der Waals surface area contributed by atoms with E-state index in [1.807, 2.05) is 24.3 Å². The van der Waals surface area contributed by atoms with Crippen LogP contribution in [-0.2, 0) is 0 Å². The van der Waals surface area contributed by atoms with Gasteiger partial charge in [0.2, 0.25) is 0 Å². The van der Waals surface area contributed by atoms with E-state index < -0.39 is 0 Å². The number of ether oxygens (including phenoxy) is 2. The van der Waals surface area contributed by atoms with Crippen molar-refractivity contribution < 1.29 is 67.7 Å². The third kappa shape index (κ3) is 4.25. The predicted octanol–water partition coefficient (Wildman–Crippen LogP) is -0.653. The van der Waals surface area contributed by atoms with Gasteiger partial charge in [0.1, 0.15) is 12.7 Å². The second kappa shape index (κ2) is 7.52. The molecule has 1 saturated heterocycles. The van der Waals surface area contributed by atoms with Gasteiger partial charge in [-0.25, -0.2) is 0 Å². The van der Waals surface area contributed by atoms with E-state index in [4.69, 9.17) is 15.2 Å². The normalized spacial score (nSPS) is 26.6. The molecule has 0 amide bonds. The number of fused-ring (bicyclic) bond motifs is 1. The summed E-state index contributed by atoms with van der Waals surface area (Å²) in [6.07, 6.45) is 2.24. The van der Waals surface area contributed by atoms with Crippen molar-refractivity contribution in [3.63, 3.8) is 0 Å². The molecular weight excluding hydrogens is 314 g/mol. The average molecular weight is 333 g/mol. The van der Waals surface area contributed by atoms with Crippen molar-refractivity contribution in [2.75, 3.05) is 26.2 Å². The van der Waals surface area contributed by atoms with Crippen LogP contribution in [0, 0.1) is 0 Å². The second-order valence-electron chi connectivity index (χ2n) is 5.10. The van der Waals surface area contributed by atoms with Crippen LogP contribution in [0.4, 0.5) is 0 Å². The van der Waals surface area contributed by atoms with Gasteiger partial charge in [0, 0.05) is 6.54 Å². The summed E-state index contributed by atoms with van der Waals surface area (Å²) in [5, 5.41) is 0. The first-order valence-corrected chi connectivity index (χ1v) is 6.63. The van der Waals surface area contributed by atoms with Gasteiger partial charge in [-0.05, 0) is 31.6 Å². The van der Waals surface area contributed by atoms with E-state index in [0.29, 0.717) is 6.61 Å². The number of hydrogen-bond donors (Lipinski definition) is 0. The largest absolute Gasteiger partial charge is 1.00 e. The van der Waals surface area contributed by atoms with Crippen molar-refractivity contribution in [2.24, 2.45) is 0 Å². The molecular formula is C14H19N2O2Rb. The number of piperidine rings is 1. The van der Waals surface area contributed by atoms with Gasteiger partial charge in [0.25, 0.3) is 0 Å². The monoisotopic (exact) mass is 332 g/mol. The molecule has 4 nitrogen and oxygen atoms in total.